The number of rotatable bonds is 5. The van der Waals surface area contributed by atoms with Crippen LogP contribution in [0.15, 0.2) is 0 Å². The molecule has 1 N–H and O–H groups in total. The minimum absolute atomic E-state index is 0.191. The number of amides is 1. The molecule has 0 spiro atoms. The SMILES string of the molecule is CC(C)C(=O)C(=O)NC(C1CC1)C1CC1. The number of carbonyl (C=O) groups is 2. The summed E-state index contributed by atoms with van der Waals surface area (Å²) >= 11 is 0. The molecule has 84 valence electrons. The Morgan fingerprint density at radius 2 is 1.53 bits per heavy atom. The van der Waals surface area contributed by atoms with Gasteiger partial charge in [-0.1, -0.05) is 13.8 Å². The Morgan fingerprint density at radius 3 is 1.87 bits per heavy atom. The summed E-state index contributed by atoms with van der Waals surface area (Å²) in [6.45, 7) is 3.54. The zero-order valence-electron chi connectivity index (χ0n) is 9.45. The molecule has 2 aliphatic rings. The standard InChI is InChI=1S/C12H19NO2/c1-7(2)11(14)12(15)13-10(8-3-4-8)9-5-6-9/h7-10H,3-6H2,1-2H3,(H,13,15). The Labute approximate surface area is 90.6 Å². The Kier molecular flexibility index (Phi) is 2.81. The van der Waals surface area contributed by atoms with Crippen LogP contribution in [0.5, 0.6) is 0 Å². The quantitative estimate of drug-likeness (QED) is 0.698. The van der Waals surface area contributed by atoms with Gasteiger partial charge in [0.2, 0.25) is 5.78 Å². The second-order valence-electron chi connectivity index (χ2n) is 5.19. The van der Waals surface area contributed by atoms with E-state index in [1.165, 1.54) is 25.7 Å². The monoisotopic (exact) mass is 209 g/mol. The van der Waals surface area contributed by atoms with Crippen molar-refractivity contribution in [3.63, 3.8) is 0 Å². The van der Waals surface area contributed by atoms with Gasteiger partial charge in [0.1, 0.15) is 0 Å². The molecule has 2 aliphatic carbocycles. The highest BCUT2D eigenvalue weighted by molar-refractivity contribution is 6.36. The minimum atomic E-state index is -0.367. The lowest BCUT2D eigenvalue weighted by Gasteiger charge is -2.17. The van der Waals surface area contributed by atoms with Gasteiger partial charge < -0.3 is 5.32 Å². The number of nitrogens with one attached hydrogen (secondary N) is 1. The van der Waals surface area contributed by atoms with Crippen LogP contribution in [-0.2, 0) is 9.59 Å². The van der Waals surface area contributed by atoms with Crippen molar-refractivity contribution in [3.05, 3.63) is 0 Å². The maximum absolute atomic E-state index is 11.6. The smallest absolute Gasteiger partial charge is 0.287 e. The van der Waals surface area contributed by atoms with Gasteiger partial charge in [-0.2, -0.15) is 0 Å². The summed E-state index contributed by atoms with van der Waals surface area (Å²) in [5.41, 5.74) is 0. The van der Waals surface area contributed by atoms with E-state index in [-0.39, 0.29) is 17.6 Å². The van der Waals surface area contributed by atoms with E-state index in [1.54, 1.807) is 13.8 Å². The normalized spacial score (nSPS) is 20.8. The molecule has 0 radical (unpaired) electrons. The van der Waals surface area contributed by atoms with Crippen LogP contribution in [0.1, 0.15) is 39.5 Å². The van der Waals surface area contributed by atoms with Crippen LogP contribution in [-0.4, -0.2) is 17.7 Å². The fourth-order valence-electron chi connectivity index (χ4n) is 2.02. The topological polar surface area (TPSA) is 46.2 Å². The molecule has 15 heavy (non-hydrogen) atoms. The summed E-state index contributed by atoms with van der Waals surface area (Å²) in [6, 6.07) is 0.292. The lowest BCUT2D eigenvalue weighted by Crippen LogP contribution is -2.43. The average molecular weight is 209 g/mol. The van der Waals surface area contributed by atoms with E-state index in [2.05, 4.69) is 5.32 Å². The molecule has 0 aromatic carbocycles. The van der Waals surface area contributed by atoms with Crippen LogP contribution in [0.4, 0.5) is 0 Å². The molecule has 0 heterocycles. The van der Waals surface area contributed by atoms with E-state index in [0.717, 1.165) is 0 Å². The van der Waals surface area contributed by atoms with E-state index in [4.69, 9.17) is 0 Å². The van der Waals surface area contributed by atoms with Crippen LogP contribution in [0.25, 0.3) is 0 Å². The molecule has 0 aromatic heterocycles. The van der Waals surface area contributed by atoms with Crippen LogP contribution >= 0.6 is 0 Å². The number of carbonyl (C=O) groups excluding carboxylic acids is 2. The largest absolute Gasteiger partial charge is 0.346 e. The van der Waals surface area contributed by atoms with Gasteiger partial charge >= 0.3 is 0 Å². The average Bonchev–Trinajstić information content (AvgIpc) is 3.03. The van der Waals surface area contributed by atoms with Gasteiger partial charge in [0.25, 0.3) is 5.91 Å². The van der Waals surface area contributed by atoms with Crippen molar-refractivity contribution in [2.45, 2.75) is 45.6 Å². The highest BCUT2D eigenvalue weighted by Gasteiger charge is 2.42. The number of Topliss-reactive ketones (excluding diaryl/α,β-unsaturated/α-hetero) is 1. The second kappa shape index (κ2) is 3.95. The first-order valence-electron chi connectivity index (χ1n) is 5.94. The lowest BCUT2D eigenvalue weighted by atomic mass is 10.0. The zero-order chi connectivity index (χ0) is 11.0. The molecule has 1 amide bonds. The van der Waals surface area contributed by atoms with Gasteiger partial charge in [0.05, 0.1) is 0 Å². The van der Waals surface area contributed by atoms with Crippen LogP contribution in [0.3, 0.4) is 0 Å². The number of hydrogen-bond donors (Lipinski definition) is 1. The number of hydrogen-bond acceptors (Lipinski definition) is 2. The maximum atomic E-state index is 11.6. The first kappa shape index (κ1) is 10.7. The highest BCUT2D eigenvalue weighted by atomic mass is 16.2. The third kappa shape index (κ3) is 2.58. The highest BCUT2D eigenvalue weighted by Crippen LogP contribution is 2.44. The van der Waals surface area contributed by atoms with Gasteiger partial charge in [-0.05, 0) is 37.5 Å². The molecule has 0 unspecified atom stereocenters. The van der Waals surface area contributed by atoms with Gasteiger partial charge in [-0.15, -0.1) is 0 Å². The van der Waals surface area contributed by atoms with Gasteiger partial charge in [0.15, 0.2) is 0 Å². The summed E-state index contributed by atoms with van der Waals surface area (Å²) in [7, 11) is 0. The lowest BCUT2D eigenvalue weighted by molar-refractivity contribution is -0.140. The third-order valence-corrected chi connectivity index (χ3v) is 3.31. The summed E-state index contributed by atoms with van der Waals surface area (Å²) in [5.74, 6) is 0.474. The van der Waals surface area contributed by atoms with Gasteiger partial charge in [-0.3, -0.25) is 9.59 Å². The van der Waals surface area contributed by atoms with E-state index < -0.39 is 0 Å². The summed E-state index contributed by atoms with van der Waals surface area (Å²) in [6.07, 6.45) is 4.88. The van der Waals surface area contributed by atoms with Crippen molar-refractivity contribution in [1.29, 1.82) is 0 Å². The number of ketones is 1. The third-order valence-electron chi connectivity index (χ3n) is 3.31. The molecule has 0 bridgehead atoms. The maximum Gasteiger partial charge on any atom is 0.287 e. The van der Waals surface area contributed by atoms with Gasteiger partial charge in [-0.25, -0.2) is 0 Å². The minimum Gasteiger partial charge on any atom is -0.346 e. The predicted octanol–water partition coefficient (Wildman–Crippen LogP) is 1.52. The molecule has 2 rings (SSSR count). The predicted molar refractivity (Wildman–Crippen MR) is 57.2 cm³/mol. The van der Waals surface area contributed by atoms with Crippen molar-refractivity contribution in [2.24, 2.45) is 17.8 Å². The molecular formula is C12H19NO2. The molecule has 2 fully saturated rings. The van der Waals surface area contributed by atoms with Crippen molar-refractivity contribution >= 4 is 11.7 Å². The zero-order valence-corrected chi connectivity index (χ0v) is 9.45. The summed E-state index contributed by atoms with van der Waals surface area (Å²) in [5, 5.41) is 2.93. The van der Waals surface area contributed by atoms with E-state index in [9.17, 15) is 9.59 Å². The first-order chi connectivity index (χ1) is 7.09. The molecule has 2 saturated carbocycles. The first-order valence-corrected chi connectivity index (χ1v) is 5.94. The van der Waals surface area contributed by atoms with Crippen molar-refractivity contribution in [3.8, 4) is 0 Å². The molecule has 0 saturated heterocycles. The van der Waals surface area contributed by atoms with E-state index in [1.807, 2.05) is 0 Å². The van der Waals surface area contributed by atoms with Crippen LogP contribution in [0.2, 0.25) is 0 Å². The molecule has 3 heteroatoms. The fraction of sp³-hybridized carbons (Fsp3) is 0.833. The van der Waals surface area contributed by atoms with Crippen molar-refractivity contribution in [1.82, 2.24) is 5.32 Å². The molecule has 3 nitrogen and oxygen atoms in total. The van der Waals surface area contributed by atoms with Crippen LogP contribution in [0, 0.1) is 17.8 Å². The molecule has 0 aromatic rings. The fourth-order valence-corrected chi connectivity index (χ4v) is 2.02. The van der Waals surface area contributed by atoms with E-state index in [0.29, 0.717) is 17.9 Å². The molecular weight excluding hydrogens is 190 g/mol. The Balaban J connectivity index is 1.88. The van der Waals surface area contributed by atoms with Gasteiger partial charge in [0, 0.05) is 12.0 Å². The Bertz CT molecular complexity index is 265. The second-order valence-corrected chi connectivity index (χ2v) is 5.19. The Hall–Kier alpha value is -0.860. The summed E-state index contributed by atoms with van der Waals surface area (Å²) in [4.78, 5) is 23.1. The van der Waals surface area contributed by atoms with E-state index >= 15 is 0 Å². The summed E-state index contributed by atoms with van der Waals surface area (Å²) < 4.78 is 0. The van der Waals surface area contributed by atoms with Crippen molar-refractivity contribution < 1.29 is 9.59 Å². The molecule has 0 atom stereocenters. The van der Waals surface area contributed by atoms with Crippen LogP contribution < -0.4 is 5.32 Å². The van der Waals surface area contributed by atoms with Crippen molar-refractivity contribution in [2.75, 3.05) is 0 Å². The molecule has 0 aliphatic heterocycles. The Morgan fingerprint density at radius 1 is 1.07 bits per heavy atom.